The second-order valence-corrected chi connectivity index (χ2v) is 5.71. The van der Waals surface area contributed by atoms with Gasteiger partial charge in [0.05, 0.1) is 17.2 Å². The topological polar surface area (TPSA) is 77.5 Å². The summed E-state index contributed by atoms with van der Waals surface area (Å²) in [4.78, 5) is 28.0. The minimum absolute atomic E-state index is 0.0672. The van der Waals surface area contributed by atoms with E-state index in [4.69, 9.17) is 9.47 Å². The summed E-state index contributed by atoms with van der Waals surface area (Å²) in [6.45, 7) is 5.43. The summed E-state index contributed by atoms with van der Waals surface area (Å²) in [6.07, 6.45) is 0. The molecule has 7 heteroatoms. The molecule has 0 radical (unpaired) electrons. The molecule has 1 N–H and O–H groups in total. The second-order valence-electron chi connectivity index (χ2n) is 4.71. The summed E-state index contributed by atoms with van der Waals surface area (Å²) >= 11 is 1.16. The summed E-state index contributed by atoms with van der Waals surface area (Å²) in [5.41, 5.74) is 0.611. The zero-order chi connectivity index (χ0) is 16.8. The fourth-order valence-corrected chi connectivity index (χ4v) is 2.80. The van der Waals surface area contributed by atoms with Crippen LogP contribution in [0.2, 0.25) is 0 Å². The first-order valence-electron chi connectivity index (χ1n) is 7.14. The zero-order valence-electron chi connectivity index (χ0n) is 13.2. The van der Waals surface area contributed by atoms with Gasteiger partial charge in [-0.15, -0.1) is 0 Å². The van der Waals surface area contributed by atoms with Crippen molar-refractivity contribution in [1.29, 1.82) is 0 Å². The third kappa shape index (κ3) is 4.53. The number of Topliss-reactive ketones (excluding diaryl/α,β-unsaturated/α-hetero) is 1. The molecule has 6 nitrogen and oxygen atoms in total. The first kappa shape index (κ1) is 17.0. The van der Waals surface area contributed by atoms with Crippen molar-refractivity contribution in [3.63, 3.8) is 0 Å². The van der Waals surface area contributed by atoms with Gasteiger partial charge in [-0.25, -0.2) is 4.98 Å². The number of nitrogens with zero attached hydrogens (tertiary/aromatic N) is 1. The predicted molar refractivity (Wildman–Crippen MR) is 88.6 cm³/mol. The summed E-state index contributed by atoms with van der Waals surface area (Å²) in [7, 11) is 0. The van der Waals surface area contributed by atoms with Crippen molar-refractivity contribution in [2.75, 3.05) is 18.5 Å². The number of benzene rings is 1. The van der Waals surface area contributed by atoms with Crippen LogP contribution in [0.5, 0.6) is 11.5 Å². The number of thiazole rings is 1. The maximum absolute atomic E-state index is 12.0. The van der Waals surface area contributed by atoms with E-state index in [9.17, 15) is 9.59 Å². The monoisotopic (exact) mass is 334 g/mol. The second kappa shape index (κ2) is 7.73. The Morgan fingerprint density at radius 2 is 1.87 bits per heavy atom. The van der Waals surface area contributed by atoms with Gasteiger partial charge in [-0.05, 0) is 26.0 Å². The number of carbonyl (C=O) groups excluding carboxylic acids is 2. The lowest BCUT2D eigenvalue weighted by molar-refractivity contribution is -0.118. The van der Waals surface area contributed by atoms with Crippen LogP contribution in [-0.2, 0) is 4.79 Å². The molecule has 122 valence electrons. The Kier molecular flexibility index (Phi) is 5.70. The van der Waals surface area contributed by atoms with Crippen molar-refractivity contribution < 1.29 is 19.1 Å². The van der Waals surface area contributed by atoms with Crippen LogP contribution in [0.3, 0.4) is 0 Å². The molecule has 0 spiro atoms. The number of hydrogen-bond acceptors (Lipinski definition) is 6. The molecule has 1 aromatic carbocycles. The number of nitrogens with one attached hydrogen (secondary N) is 1. The van der Waals surface area contributed by atoms with Gasteiger partial charge in [0.15, 0.2) is 29.0 Å². The molecular formula is C16H18N2O4S. The first-order valence-corrected chi connectivity index (χ1v) is 7.95. The van der Waals surface area contributed by atoms with Gasteiger partial charge in [-0.3, -0.25) is 14.9 Å². The molecule has 0 saturated heterocycles. The standard InChI is InChI=1S/C16H18N2O4S/c1-4-21-12-7-5-6-8-13(12)22-9-14(20)18-16-17-10(2)15(23-16)11(3)19/h5-8H,4,9H2,1-3H3,(H,17,18,20). The van der Waals surface area contributed by atoms with Gasteiger partial charge in [0, 0.05) is 6.92 Å². The molecule has 0 fully saturated rings. The lowest BCUT2D eigenvalue weighted by Crippen LogP contribution is -2.20. The maximum atomic E-state index is 12.0. The lowest BCUT2D eigenvalue weighted by Gasteiger charge is -2.10. The smallest absolute Gasteiger partial charge is 0.264 e. The van der Waals surface area contributed by atoms with E-state index in [1.54, 1.807) is 25.1 Å². The quantitative estimate of drug-likeness (QED) is 0.787. The van der Waals surface area contributed by atoms with E-state index < -0.39 is 0 Å². The van der Waals surface area contributed by atoms with Gasteiger partial charge in [-0.2, -0.15) is 0 Å². The Bertz CT molecular complexity index is 712. The van der Waals surface area contributed by atoms with E-state index in [-0.39, 0.29) is 18.3 Å². The normalized spacial score (nSPS) is 10.2. The Morgan fingerprint density at radius 1 is 1.22 bits per heavy atom. The molecular weight excluding hydrogens is 316 g/mol. The van der Waals surface area contributed by atoms with Gasteiger partial charge in [0.1, 0.15) is 0 Å². The van der Waals surface area contributed by atoms with Gasteiger partial charge in [0.25, 0.3) is 5.91 Å². The van der Waals surface area contributed by atoms with E-state index in [0.717, 1.165) is 11.3 Å². The molecule has 0 aliphatic carbocycles. The Morgan fingerprint density at radius 3 is 2.43 bits per heavy atom. The number of ether oxygens (including phenoxy) is 2. The molecule has 0 aliphatic heterocycles. The molecule has 1 aromatic heterocycles. The summed E-state index contributed by atoms with van der Waals surface area (Å²) in [5.74, 6) is 0.679. The highest BCUT2D eigenvalue weighted by atomic mass is 32.1. The van der Waals surface area contributed by atoms with E-state index >= 15 is 0 Å². The van der Waals surface area contributed by atoms with E-state index in [0.29, 0.717) is 33.8 Å². The fraction of sp³-hybridized carbons (Fsp3) is 0.312. The van der Waals surface area contributed by atoms with Crippen LogP contribution in [-0.4, -0.2) is 29.9 Å². The molecule has 1 amide bonds. The van der Waals surface area contributed by atoms with E-state index in [2.05, 4.69) is 10.3 Å². The SMILES string of the molecule is CCOc1ccccc1OCC(=O)Nc1nc(C)c(C(C)=O)s1. The number of hydrogen-bond donors (Lipinski definition) is 1. The number of rotatable bonds is 7. The number of anilines is 1. The number of aryl methyl sites for hydroxylation is 1. The molecule has 1 heterocycles. The molecule has 23 heavy (non-hydrogen) atoms. The van der Waals surface area contributed by atoms with Crippen LogP contribution in [0.1, 0.15) is 29.2 Å². The Hall–Kier alpha value is -2.41. The van der Waals surface area contributed by atoms with Crippen molar-refractivity contribution >= 4 is 28.2 Å². The van der Waals surface area contributed by atoms with Gasteiger partial charge in [-0.1, -0.05) is 23.5 Å². The molecule has 0 unspecified atom stereocenters. The molecule has 0 saturated carbocycles. The number of ketones is 1. The number of amides is 1. The van der Waals surface area contributed by atoms with Crippen LogP contribution in [0, 0.1) is 6.92 Å². The van der Waals surface area contributed by atoms with Crippen LogP contribution in [0.25, 0.3) is 0 Å². The van der Waals surface area contributed by atoms with Gasteiger partial charge < -0.3 is 9.47 Å². The van der Waals surface area contributed by atoms with Crippen molar-refractivity contribution in [2.24, 2.45) is 0 Å². The van der Waals surface area contributed by atoms with Crippen LogP contribution < -0.4 is 14.8 Å². The molecule has 0 aliphatic rings. The van der Waals surface area contributed by atoms with Crippen molar-refractivity contribution in [2.45, 2.75) is 20.8 Å². The third-order valence-corrected chi connectivity index (χ3v) is 4.04. The molecule has 0 atom stereocenters. The Balaban J connectivity index is 1.95. The minimum Gasteiger partial charge on any atom is -0.490 e. The van der Waals surface area contributed by atoms with Crippen LogP contribution >= 0.6 is 11.3 Å². The predicted octanol–water partition coefficient (Wildman–Crippen LogP) is 3.07. The van der Waals surface area contributed by atoms with Crippen LogP contribution in [0.15, 0.2) is 24.3 Å². The van der Waals surface area contributed by atoms with Crippen LogP contribution in [0.4, 0.5) is 5.13 Å². The summed E-state index contributed by atoms with van der Waals surface area (Å²) in [5, 5.41) is 3.02. The zero-order valence-corrected chi connectivity index (χ0v) is 14.0. The molecule has 0 bridgehead atoms. The summed E-state index contributed by atoms with van der Waals surface area (Å²) in [6, 6.07) is 7.15. The fourth-order valence-electron chi connectivity index (χ4n) is 1.92. The average Bonchev–Trinajstić information content (AvgIpc) is 2.87. The van der Waals surface area contributed by atoms with Crippen molar-refractivity contribution in [3.8, 4) is 11.5 Å². The largest absolute Gasteiger partial charge is 0.490 e. The minimum atomic E-state index is -0.347. The van der Waals surface area contributed by atoms with Gasteiger partial charge in [0.2, 0.25) is 0 Å². The highest BCUT2D eigenvalue weighted by molar-refractivity contribution is 7.17. The van der Waals surface area contributed by atoms with Gasteiger partial charge >= 0.3 is 0 Å². The first-order chi connectivity index (χ1) is 11.0. The lowest BCUT2D eigenvalue weighted by atomic mass is 10.3. The Labute approximate surface area is 138 Å². The third-order valence-electron chi connectivity index (χ3n) is 2.87. The number of aromatic nitrogens is 1. The highest BCUT2D eigenvalue weighted by Gasteiger charge is 2.14. The summed E-state index contributed by atoms with van der Waals surface area (Å²) < 4.78 is 10.9. The maximum Gasteiger partial charge on any atom is 0.264 e. The average molecular weight is 334 g/mol. The van der Waals surface area contributed by atoms with Crippen molar-refractivity contribution in [1.82, 2.24) is 4.98 Å². The van der Waals surface area contributed by atoms with E-state index in [1.165, 1.54) is 6.92 Å². The van der Waals surface area contributed by atoms with Crippen molar-refractivity contribution in [3.05, 3.63) is 34.8 Å². The number of para-hydroxylation sites is 2. The molecule has 2 aromatic rings. The highest BCUT2D eigenvalue weighted by Crippen LogP contribution is 2.26. The molecule has 2 rings (SSSR count). The number of carbonyl (C=O) groups is 2. The van der Waals surface area contributed by atoms with E-state index in [1.807, 2.05) is 13.0 Å².